The van der Waals surface area contributed by atoms with Crippen molar-refractivity contribution in [1.29, 1.82) is 0 Å². The standard InChI is InChI=1S/C18H18ClFN4OS/c19-16-6-5-15(26-16)11-23-7-9-24(10-8-23)12-17-21-18(22-25-17)13-1-3-14(20)4-2-13/h1-6H,7-12H2. The van der Waals surface area contributed by atoms with Crippen LogP contribution in [0.15, 0.2) is 40.9 Å². The molecule has 0 amide bonds. The molecule has 0 unspecified atom stereocenters. The number of rotatable bonds is 5. The van der Waals surface area contributed by atoms with Crippen molar-refractivity contribution in [2.75, 3.05) is 26.2 Å². The summed E-state index contributed by atoms with van der Waals surface area (Å²) in [6.07, 6.45) is 0. The van der Waals surface area contributed by atoms with E-state index in [1.807, 2.05) is 6.07 Å². The number of aromatic nitrogens is 2. The highest BCUT2D eigenvalue weighted by atomic mass is 35.5. The van der Waals surface area contributed by atoms with Gasteiger partial charge in [0, 0.05) is 43.2 Å². The van der Waals surface area contributed by atoms with E-state index >= 15 is 0 Å². The van der Waals surface area contributed by atoms with Crippen molar-refractivity contribution in [2.45, 2.75) is 13.1 Å². The van der Waals surface area contributed by atoms with Crippen LogP contribution in [0.4, 0.5) is 4.39 Å². The minimum Gasteiger partial charge on any atom is -0.338 e. The number of thiophene rings is 1. The highest BCUT2D eigenvalue weighted by molar-refractivity contribution is 7.16. The van der Waals surface area contributed by atoms with Gasteiger partial charge in [-0.15, -0.1) is 11.3 Å². The number of piperazine rings is 1. The zero-order valence-electron chi connectivity index (χ0n) is 14.1. The van der Waals surface area contributed by atoms with Crippen LogP contribution in [0.2, 0.25) is 4.34 Å². The first-order valence-electron chi connectivity index (χ1n) is 8.43. The molecule has 1 fully saturated rings. The summed E-state index contributed by atoms with van der Waals surface area (Å²) in [6.45, 7) is 5.47. The summed E-state index contributed by atoms with van der Waals surface area (Å²) in [6, 6.07) is 10.1. The molecule has 3 aromatic rings. The molecule has 0 N–H and O–H groups in total. The maximum atomic E-state index is 13.0. The summed E-state index contributed by atoms with van der Waals surface area (Å²) in [5.74, 6) is 0.802. The molecule has 0 radical (unpaired) electrons. The van der Waals surface area contributed by atoms with Gasteiger partial charge in [-0.2, -0.15) is 4.98 Å². The molecule has 2 aromatic heterocycles. The highest BCUT2D eigenvalue weighted by Gasteiger charge is 2.20. The van der Waals surface area contributed by atoms with Crippen LogP contribution in [0.3, 0.4) is 0 Å². The van der Waals surface area contributed by atoms with E-state index in [0.29, 0.717) is 18.3 Å². The number of nitrogens with zero attached hydrogens (tertiary/aromatic N) is 4. The van der Waals surface area contributed by atoms with Crippen molar-refractivity contribution in [2.24, 2.45) is 0 Å². The fourth-order valence-electron chi connectivity index (χ4n) is 2.99. The first-order valence-corrected chi connectivity index (χ1v) is 9.62. The van der Waals surface area contributed by atoms with Crippen molar-refractivity contribution in [3.63, 3.8) is 0 Å². The molecule has 1 aliphatic rings. The molecule has 4 rings (SSSR count). The maximum Gasteiger partial charge on any atom is 0.241 e. The lowest BCUT2D eigenvalue weighted by atomic mass is 10.2. The van der Waals surface area contributed by atoms with Gasteiger partial charge >= 0.3 is 0 Å². The summed E-state index contributed by atoms with van der Waals surface area (Å²) in [5, 5.41) is 4.00. The van der Waals surface area contributed by atoms with Gasteiger partial charge in [-0.1, -0.05) is 16.8 Å². The Hall–Kier alpha value is -1.80. The Morgan fingerprint density at radius 3 is 2.35 bits per heavy atom. The molecule has 0 spiro atoms. The van der Waals surface area contributed by atoms with Crippen molar-refractivity contribution in [3.05, 3.63) is 57.3 Å². The Bertz CT molecular complexity index is 858. The molecule has 5 nitrogen and oxygen atoms in total. The SMILES string of the molecule is Fc1ccc(-c2noc(CN3CCN(Cc4ccc(Cl)s4)CC3)n2)cc1. The zero-order valence-corrected chi connectivity index (χ0v) is 15.6. The molecule has 0 aliphatic carbocycles. The molecule has 26 heavy (non-hydrogen) atoms. The molecular formula is C18H18ClFN4OS. The molecule has 1 saturated heterocycles. The van der Waals surface area contributed by atoms with Crippen LogP contribution in [-0.2, 0) is 13.1 Å². The van der Waals surface area contributed by atoms with Gasteiger partial charge in [0.25, 0.3) is 0 Å². The topological polar surface area (TPSA) is 45.4 Å². The van der Waals surface area contributed by atoms with E-state index in [2.05, 4.69) is 26.0 Å². The molecule has 8 heteroatoms. The van der Waals surface area contributed by atoms with Crippen LogP contribution in [0.25, 0.3) is 11.4 Å². The molecule has 136 valence electrons. The van der Waals surface area contributed by atoms with Gasteiger partial charge in [0.05, 0.1) is 10.9 Å². The molecule has 0 bridgehead atoms. The Morgan fingerprint density at radius 1 is 1.00 bits per heavy atom. The highest BCUT2D eigenvalue weighted by Crippen LogP contribution is 2.23. The number of hydrogen-bond donors (Lipinski definition) is 0. The predicted molar refractivity (Wildman–Crippen MR) is 99.6 cm³/mol. The van der Waals surface area contributed by atoms with E-state index in [9.17, 15) is 4.39 Å². The van der Waals surface area contributed by atoms with Crippen molar-refractivity contribution >= 4 is 22.9 Å². The zero-order chi connectivity index (χ0) is 17.9. The van der Waals surface area contributed by atoms with Crippen LogP contribution in [0.1, 0.15) is 10.8 Å². The lowest BCUT2D eigenvalue weighted by Gasteiger charge is -2.33. The smallest absolute Gasteiger partial charge is 0.241 e. The monoisotopic (exact) mass is 392 g/mol. The number of halogens is 2. The quantitative estimate of drug-likeness (QED) is 0.658. The fourth-order valence-corrected chi connectivity index (χ4v) is 4.12. The summed E-state index contributed by atoms with van der Waals surface area (Å²) in [7, 11) is 0. The molecule has 3 heterocycles. The maximum absolute atomic E-state index is 13.0. The van der Waals surface area contributed by atoms with E-state index in [1.54, 1.807) is 23.5 Å². The van der Waals surface area contributed by atoms with E-state index in [1.165, 1.54) is 17.0 Å². The lowest BCUT2D eigenvalue weighted by Crippen LogP contribution is -2.45. The summed E-state index contributed by atoms with van der Waals surface area (Å²) < 4.78 is 19.2. The molecule has 1 aliphatic heterocycles. The van der Waals surface area contributed by atoms with E-state index in [-0.39, 0.29) is 5.82 Å². The summed E-state index contributed by atoms with van der Waals surface area (Å²) >= 11 is 7.64. The average molecular weight is 393 g/mol. The van der Waals surface area contributed by atoms with Crippen LogP contribution in [0.5, 0.6) is 0 Å². The Labute approximate surface area is 160 Å². The third-order valence-corrected chi connectivity index (χ3v) is 5.62. The van der Waals surface area contributed by atoms with Gasteiger partial charge in [0.2, 0.25) is 11.7 Å². The fraction of sp³-hybridized carbons (Fsp3) is 0.333. The van der Waals surface area contributed by atoms with Gasteiger partial charge < -0.3 is 4.52 Å². The molecule has 0 atom stereocenters. The van der Waals surface area contributed by atoms with Gasteiger partial charge in [-0.05, 0) is 36.4 Å². The lowest BCUT2D eigenvalue weighted by molar-refractivity contribution is 0.113. The minimum absolute atomic E-state index is 0.278. The molecular weight excluding hydrogens is 375 g/mol. The largest absolute Gasteiger partial charge is 0.338 e. The van der Waals surface area contributed by atoms with Gasteiger partial charge in [0.15, 0.2) is 0 Å². The van der Waals surface area contributed by atoms with E-state index in [0.717, 1.165) is 42.6 Å². The second-order valence-corrected chi connectivity index (χ2v) is 8.08. The van der Waals surface area contributed by atoms with Crippen molar-refractivity contribution in [1.82, 2.24) is 19.9 Å². The normalized spacial score (nSPS) is 16.2. The Kier molecular flexibility index (Phi) is 5.31. The van der Waals surface area contributed by atoms with E-state index in [4.69, 9.17) is 16.1 Å². The van der Waals surface area contributed by atoms with Crippen LogP contribution in [-0.4, -0.2) is 46.1 Å². The first kappa shape index (κ1) is 17.6. The van der Waals surface area contributed by atoms with Gasteiger partial charge in [-0.25, -0.2) is 4.39 Å². The van der Waals surface area contributed by atoms with Crippen LogP contribution in [0, 0.1) is 5.82 Å². The Balaban J connectivity index is 1.30. The number of benzene rings is 1. The summed E-state index contributed by atoms with van der Waals surface area (Å²) in [4.78, 5) is 10.5. The van der Waals surface area contributed by atoms with Crippen molar-refractivity contribution < 1.29 is 8.91 Å². The Morgan fingerprint density at radius 2 is 1.69 bits per heavy atom. The van der Waals surface area contributed by atoms with Gasteiger partial charge in [0.1, 0.15) is 5.82 Å². The first-order chi connectivity index (χ1) is 12.7. The second kappa shape index (κ2) is 7.84. The summed E-state index contributed by atoms with van der Waals surface area (Å²) in [5.41, 5.74) is 0.751. The van der Waals surface area contributed by atoms with Crippen LogP contribution < -0.4 is 0 Å². The molecule has 0 saturated carbocycles. The average Bonchev–Trinajstić information content (AvgIpc) is 3.26. The van der Waals surface area contributed by atoms with Crippen molar-refractivity contribution in [3.8, 4) is 11.4 Å². The van der Waals surface area contributed by atoms with E-state index < -0.39 is 0 Å². The molecule has 1 aromatic carbocycles. The second-order valence-electron chi connectivity index (χ2n) is 6.28. The number of hydrogen-bond acceptors (Lipinski definition) is 6. The third kappa shape index (κ3) is 4.29. The van der Waals surface area contributed by atoms with Crippen LogP contribution >= 0.6 is 22.9 Å². The third-order valence-electron chi connectivity index (χ3n) is 4.40. The van der Waals surface area contributed by atoms with Gasteiger partial charge in [-0.3, -0.25) is 9.80 Å². The minimum atomic E-state index is -0.278. The predicted octanol–water partition coefficient (Wildman–Crippen LogP) is 3.91.